The van der Waals surface area contributed by atoms with Crippen LogP contribution in [0.1, 0.15) is 6.92 Å². The van der Waals surface area contributed by atoms with Gasteiger partial charge in [0, 0.05) is 17.1 Å². The predicted octanol–water partition coefficient (Wildman–Crippen LogP) is 1.24. The Balaban J connectivity index is 2.33. The molecule has 13 heavy (non-hydrogen) atoms. The van der Waals surface area contributed by atoms with Gasteiger partial charge in [0.25, 0.3) is 0 Å². The number of carbonyl (C=O) groups is 1. The van der Waals surface area contributed by atoms with Gasteiger partial charge >= 0.3 is 5.97 Å². The summed E-state index contributed by atoms with van der Waals surface area (Å²) in [5.41, 5.74) is 0.439. The Morgan fingerprint density at radius 3 is 3.15 bits per heavy atom. The second-order valence-corrected chi connectivity index (χ2v) is 4.11. The van der Waals surface area contributed by atoms with Crippen LogP contribution >= 0.6 is 11.8 Å². The quantitative estimate of drug-likeness (QED) is 0.498. The van der Waals surface area contributed by atoms with Crippen LogP contribution in [-0.4, -0.2) is 36.8 Å². The van der Waals surface area contributed by atoms with Gasteiger partial charge in [-0.25, -0.2) is 4.79 Å². The highest BCUT2D eigenvalue weighted by atomic mass is 32.2. The van der Waals surface area contributed by atoms with E-state index < -0.39 is 0 Å². The third-order valence-electron chi connectivity index (χ3n) is 1.60. The monoisotopic (exact) mass is 202 g/mol. The molecule has 1 fully saturated rings. The SMILES string of the molecule is C=C(C)C(=O)OC1COCCSC1. The molecule has 3 nitrogen and oxygen atoms in total. The van der Waals surface area contributed by atoms with Crippen molar-refractivity contribution in [2.24, 2.45) is 0 Å². The van der Waals surface area contributed by atoms with E-state index in [0.29, 0.717) is 12.2 Å². The van der Waals surface area contributed by atoms with Crippen LogP contribution in [0, 0.1) is 0 Å². The van der Waals surface area contributed by atoms with Gasteiger partial charge in [-0.3, -0.25) is 0 Å². The fourth-order valence-electron chi connectivity index (χ4n) is 0.916. The Morgan fingerprint density at radius 2 is 2.46 bits per heavy atom. The molecular weight excluding hydrogens is 188 g/mol. The highest BCUT2D eigenvalue weighted by Crippen LogP contribution is 2.12. The topological polar surface area (TPSA) is 35.5 Å². The molecule has 1 heterocycles. The van der Waals surface area contributed by atoms with E-state index in [2.05, 4.69) is 6.58 Å². The highest BCUT2D eigenvalue weighted by Gasteiger charge is 2.17. The van der Waals surface area contributed by atoms with Crippen LogP contribution < -0.4 is 0 Å². The van der Waals surface area contributed by atoms with Crippen LogP contribution in [0.4, 0.5) is 0 Å². The largest absolute Gasteiger partial charge is 0.456 e. The second kappa shape index (κ2) is 5.29. The Labute approximate surface area is 82.5 Å². The van der Waals surface area contributed by atoms with E-state index in [0.717, 1.165) is 18.1 Å². The van der Waals surface area contributed by atoms with Gasteiger partial charge in [-0.15, -0.1) is 0 Å². The number of esters is 1. The first-order valence-corrected chi connectivity index (χ1v) is 5.37. The molecule has 0 amide bonds. The average molecular weight is 202 g/mol. The van der Waals surface area contributed by atoms with Crippen LogP contribution in [0.5, 0.6) is 0 Å². The zero-order chi connectivity index (χ0) is 9.68. The van der Waals surface area contributed by atoms with E-state index in [1.807, 2.05) is 0 Å². The molecule has 0 aromatic carbocycles. The summed E-state index contributed by atoms with van der Waals surface area (Å²) in [6, 6.07) is 0. The molecule has 1 aliphatic rings. The van der Waals surface area contributed by atoms with Crippen LogP contribution in [0.3, 0.4) is 0 Å². The zero-order valence-electron chi connectivity index (χ0n) is 7.75. The van der Waals surface area contributed by atoms with Gasteiger partial charge in [-0.05, 0) is 6.92 Å². The standard InChI is InChI=1S/C9H14O3S/c1-7(2)9(10)12-8-5-11-3-4-13-6-8/h8H,1,3-6H2,2H3. The molecule has 74 valence electrons. The normalized spacial score (nSPS) is 23.3. The van der Waals surface area contributed by atoms with Crippen molar-refractivity contribution in [1.82, 2.24) is 0 Å². The van der Waals surface area contributed by atoms with Crippen molar-refractivity contribution in [3.63, 3.8) is 0 Å². The maximum atomic E-state index is 11.1. The van der Waals surface area contributed by atoms with Crippen molar-refractivity contribution in [3.8, 4) is 0 Å². The molecule has 0 aliphatic carbocycles. The summed E-state index contributed by atoms with van der Waals surface area (Å²) >= 11 is 1.75. The first-order chi connectivity index (χ1) is 6.20. The molecule has 4 heteroatoms. The van der Waals surface area contributed by atoms with Gasteiger partial charge in [0.1, 0.15) is 6.10 Å². The van der Waals surface area contributed by atoms with E-state index in [1.54, 1.807) is 18.7 Å². The van der Waals surface area contributed by atoms with E-state index in [-0.39, 0.29) is 12.1 Å². The summed E-state index contributed by atoms with van der Waals surface area (Å²) in [4.78, 5) is 11.1. The molecule has 0 aromatic heterocycles. The van der Waals surface area contributed by atoms with Crippen molar-refractivity contribution in [3.05, 3.63) is 12.2 Å². The molecule has 0 saturated carbocycles. The Bertz CT molecular complexity index is 195. The van der Waals surface area contributed by atoms with E-state index in [1.165, 1.54) is 0 Å². The molecule has 1 aliphatic heterocycles. The maximum Gasteiger partial charge on any atom is 0.333 e. The average Bonchev–Trinajstić information content (AvgIpc) is 2.32. The van der Waals surface area contributed by atoms with E-state index in [9.17, 15) is 4.79 Å². The number of ether oxygens (including phenoxy) is 2. The van der Waals surface area contributed by atoms with Crippen molar-refractivity contribution in [2.75, 3.05) is 24.7 Å². The van der Waals surface area contributed by atoms with Gasteiger partial charge < -0.3 is 9.47 Å². The molecule has 0 bridgehead atoms. The molecule has 0 spiro atoms. The Hall–Kier alpha value is -0.480. The lowest BCUT2D eigenvalue weighted by atomic mass is 10.3. The summed E-state index contributed by atoms with van der Waals surface area (Å²) in [5.74, 6) is 1.47. The van der Waals surface area contributed by atoms with Crippen molar-refractivity contribution < 1.29 is 14.3 Å². The minimum absolute atomic E-state index is 0.114. The van der Waals surface area contributed by atoms with Gasteiger partial charge in [0.15, 0.2) is 0 Å². The fourth-order valence-corrected chi connectivity index (χ4v) is 1.75. The fraction of sp³-hybridized carbons (Fsp3) is 0.667. The lowest BCUT2D eigenvalue weighted by Gasteiger charge is -2.14. The minimum atomic E-state index is -0.323. The molecule has 1 rings (SSSR count). The molecule has 0 radical (unpaired) electrons. The summed E-state index contributed by atoms with van der Waals surface area (Å²) in [7, 11) is 0. The second-order valence-electron chi connectivity index (χ2n) is 2.96. The molecule has 1 unspecified atom stereocenters. The number of rotatable bonds is 2. The van der Waals surface area contributed by atoms with Crippen molar-refractivity contribution in [2.45, 2.75) is 13.0 Å². The minimum Gasteiger partial charge on any atom is -0.456 e. The van der Waals surface area contributed by atoms with Gasteiger partial charge in [-0.2, -0.15) is 11.8 Å². The van der Waals surface area contributed by atoms with Gasteiger partial charge in [0.2, 0.25) is 0 Å². The number of hydrogen-bond acceptors (Lipinski definition) is 4. The third kappa shape index (κ3) is 3.83. The summed E-state index contributed by atoms with van der Waals surface area (Å²) in [6.45, 7) is 6.42. The van der Waals surface area contributed by atoms with Crippen molar-refractivity contribution >= 4 is 17.7 Å². The smallest absolute Gasteiger partial charge is 0.333 e. The third-order valence-corrected chi connectivity index (χ3v) is 2.66. The van der Waals surface area contributed by atoms with Crippen LogP contribution in [0.2, 0.25) is 0 Å². The van der Waals surface area contributed by atoms with Crippen LogP contribution in [0.25, 0.3) is 0 Å². The maximum absolute atomic E-state index is 11.1. The molecule has 0 aromatic rings. The number of hydrogen-bond donors (Lipinski definition) is 0. The predicted molar refractivity (Wildman–Crippen MR) is 52.8 cm³/mol. The van der Waals surface area contributed by atoms with E-state index in [4.69, 9.17) is 9.47 Å². The van der Waals surface area contributed by atoms with Crippen LogP contribution in [0.15, 0.2) is 12.2 Å². The molecule has 0 N–H and O–H groups in total. The first-order valence-electron chi connectivity index (χ1n) is 4.22. The molecule has 1 atom stereocenters. The zero-order valence-corrected chi connectivity index (χ0v) is 8.56. The molecule has 1 saturated heterocycles. The van der Waals surface area contributed by atoms with Crippen molar-refractivity contribution in [1.29, 1.82) is 0 Å². The summed E-state index contributed by atoms with van der Waals surface area (Å²) in [6.07, 6.45) is -0.114. The van der Waals surface area contributed by atoms with Gasteiger partial charge in [-0.1, -0.05) is 6.58 Å². The van der Waals surface area contributed by atoms with Gasteiger partial charge in [0.05, 0.1) is 13.2 Å². The van der Waals surface area contributed by atoms with E-state index >= 15 is 0 Å². The highest BCUT2D eigenvalue weighted by molar-refractivity contribution is 7.99. The summed E-state index contributed by atoms with van der Waals surface area (Å²) < 4.78 is 10.4. The Morgan fingerprint density at radius 1 is 1.69 bits per heavy atom. The summed E-state index contributed by atoms with van der Waals surface area (Å²) in [5, 5.41) is 0. The lowest BCUT2D eigenvalue weighted by Crippen LogP contribution is -2.24. The number of carbonyl (C=O) groups excluding carboxylic acids is 1. The Kier molecular flexibility index (Phi) is 4.32. The first kappa shape index (κ1) is 10.6. The van der Waals surface area contributed by atoms with Crippen LogP contribution in [-0.2, 0) is 14.3 Å². The lowest BCUT2D eigenvalue weighted by molar-refractivity contribution is -0.145. The number of thioether (sulfide) groups is 1. The molecular formula is C9H14O3S.